The van der Waals surface area contributed by atoms with Gasteiger partial charge in [-0.05, 0) is 65.7 Å². The largest absolute Gasteiger partial charge is 0.496 e. The van der Waals surface area contributed by atoms with Crippen LogP contribution in [0.25, 0.3) is 0 Å². The maximum atomic E-state index is 11.5. The minimum Gasteiger partial charge on any atom is -0.496 e. The Morgan fingerprint density at radius 2 is 1.91 bits per heavy atom. The Morgan fingerprint density at radius 3 is 2.57 bits per heavy atom. The van der Waals surface area contributed by atoms with Crippen molar-refractivity contribution in [2.45, 2.75) is 77.7 Å². The van der Waals surface area contributed by atoms with E-state index in [9.17, 15) is 5.11 Å². The molecule has 1 aromatic rings. The fourth-order valence-electron chi connectivity index (χ4n) is 5.14. The molecule has 1 fully saturated rings. The summed E-state index contributed by atoms with van der Waals surface area (Å²) in [6.07, 6.45) is 6.27. The molecule has 2 aliphatic rings. The van der Waals surface area contributed by atoms with Crippen LogP contribution in [0, 0.1) is 11.3 Å². The van der Waals surface area contributed by atoms with E-state index < -0.39 is 5.60 Å². The molecule has 128 valence electrons. The predicted octanol–water partition coefficient (Wildman–Crippen LogP) is 4.86. The molecule has 0 amide bonds. The van der Waals surface area contributed by atoms with Gasteiger partial charge in [0.15, 0.2) is 0 Å². The Balaban J connectivity index is 2.03. The Morgan fingerprint density at radius 1 is 1.17 bits per heavy atom. The van der Waals surface area contributed by atoms with Gasteiger partial charge in [-0.15, -0.1) is 0 Å². The zero-order chi connectivity index (χ0) is 16.8. The van der Waals surface area contributed by atoms with Gasteiger partial charge in [0.2, 0.25) is 0 Å². The van der Waals surface area contributed by atoms with Crippen LogP contribution in [-0.2, 0) is 12.8 Å². The van der Waals surface area contributed by atoms with E-state index in [0.29, 0.717) is 11.8 Å². The molecule has 0 radical (unpaired) electrons. The number of aliphatic hydroxyl groups is 1. The molecule has 1 aromatic carbocycles. The van der Waals surface area contributed by atoms with Crippen molar-refractivity contribution in [1.29, 1.82) is 0 Å². The van der Waals surface area contributed by atoms with Gasteiger partial charge in [-0.25, -0.2) is 0 Å². The van der Waals surface area contributed by atoms with Gasteiger partial charge in [-0.2, -0.15) is 0 Å². The SMILES string of the molecule is COc1cc2c(cc1C(C)C)CC[C@H]1C(C)(C)CCC[C@]1(O)C2. The first-order chi connectivity index (χ1) is 10.8. The number of rotatable bonds is 2. The normalized spacial score (nSPS) is 29.6. The quantitative estimate of drug-likeness (QED) is 0.844. The van der Waals surface area contributed by atoms with Crippen molar-refractivity contribution in [3.63, 3.8) is 0 Å². The van der Waals surface area contributed by atoms with E-state index in [1.54, 1.807) is 7.11 Å². The van der Waals surface area contributed by atoms with E-state index in [1.165, 1.54) is 23.1 Å². The van der Waals surface area contributed by atoms with Crippen LogP contribution in [0.15, 0.2) is 12.1 Å². The Hall–Kier alpha value is -1.02. The zero-order valence-corrected chi connectivity index (χ0v) is 15.4. The Kier molecular flexibility index (Phi) is 4.25. The molecule has 1 N–H and O–H groups in total. The molecular weight excluding hydrogens is 284 g/mol. The van der Waals surface area contributed by atoms with Crippen LogP contribution in [0.2, 0.25) is 0 Å². The summed E-state index contributed by atoms with van der Waals surface area (Å²) in [4.78, 5) is 0. The molecule has 0 spiro atoms. The molecule has 2 heteroatoms. The molecule has 0 heterocycles. The molecule has 1 saturated carbocycles. The lowest BCUT2D eigenvalue weighted by molar-refractivity contribution is -0.102. The second kappa shape index (κ2) is 5.81. The fourth-order valence-corrected chi connectivity index (χ4v) is 5.14. The first kappa shape index (κ1) is 16.8. The molecule has 0 unspecified atom stereocenters. The standard InChI is InChI=1S/C21H32O2/c1-14(2)17-11-15-7-8-19-20(3,4)9-6-10-21(19,22)13-16(15)12-18(17)23-5/h11-12,14,19,22H,6-10,13H2,1-5H3/t19-,21-/m0/s1. The minimum absolute atomic E-state index is 0.236. The third-order valence-electron chi connectivity index (χ3n) is 6.40. The second-order valence-electron chi connectivity index (χ2n) is 8.73. The third-order valence-corrected chi connectivity index (χ3v) is 6.40. The van der Waals surface area contributed by atoms with Gasteiger partial charge in [0.25, 0.3) is 0 Å². The topological polar surface area (TPSA) is 29.5 Å². The molecule has 2 aliphatic carbocycles. The Labute approximate surface area is 141 Å². The van der Waals surface area contributed by atoms with E-state index in [-0.39, 0.29) is 5.41 Å². The lowest BCUT2D eigenvalue weighted by Gasteiger charge is -2.49. The highest BCUT2D eigenvalue weighted by Gasteiger charge is 2.49. The van der Waals surface area contributed by atoms with Gasteiger partial charge in [0.1, 0.15) is 5.75 Å². The predicted molar refractivity (Wildman–Crippen MR) is 95.2 cm³/mol. The summed E-state index contributed by atoms with van der Waals surface area (Å²) in [5, 5.41) is 11.5. The lowest BCUT2D eigenvalue weighted by atomic mass is 9.59. The molecule has 0 saturated heterocycles. The van der Waals surface area contributed by atoms with Gasteiger partial charge in [-0.1, -0.05) is 40.2 Å². The third kappa shape index (κ3) is 2.91. The van der Waals surface area contributed by atoms with Crippen molar-refractivity contribution in [3.05, 3.63) is 28.8 Å². The lowest BCUT2D eigenvalue weighted by Crippen LogP contribution is -2.49. The molecule has 0 aromatic heterocycles. The van der Waals surface area contributed by atoms with Gasteiger partial charge < -0.3 is 9.84 Å². The highest BCUT2D eigenvalue weighted by molar-refractivity contribution is 5.46. The molecule has 0 bridgehead atoms. The highest BCUT2D eigenvalue weighted by Crippen LogP contribution is 2.51. The summed E-state index contributed by atoms with van der Waals surface area (Å²) in [5.74, 6) is 1.83. The molecule has 3 rings (SSSR count). The fraction of sp³-hybridized carbons (Fsp3) is 0.714. The van der Waals surface area contributed by atoms with Crippen LogP contribution in [0.1, 0.15) is 76.0 Å². The van der Waals surface area contributed by atoms with Crippen LogP contribution in [0.4, 0.5) is 0 Å². The van der Waals surface area contributed by atoms with Gasteiger partial charge >= 0.3 is 0 Å². The molecule has 0 aliphatic heterocycles. The maximum absolute atomic E-state index is 11.5. The molecule has 23 heavy (non-hydrogen) atoms. The van der Waals surface area contributed by atoms with Crippen molar-refractivity contribution >= 4 is 0 Å². The summed E-state index contributed by atoms with van der Waals surface area (Å²) >= 11 is 0. The van der Waals surface area contributed by atoms with Crippen molar-refractivity contribution in [1.82, 2.24) is 0 Å². The molecular formula is C21H32O2. The van der Waals surface area contributed by atoms with E-state index >= 15 is 0 Å². The van der Waals surface area contributed by atoms with Crippen molar-refractivity contribution < 1.29 is 9.84 Å². The number of fused-ring (bicyclic) bond motifs is 2. The van der Waals surface area contributed by atoms with E-state index in [2.05, 4.69) is 39.8 Å². The van der Waals surface area contributed by atoms with Gasteiger partial charge in [0, 0.05) is 6.42 Å². The first-order valence-electron chi connectivity index (χ1n) is 9.19. The summed E-state index contributed by atoms with van der Waals surface area (Å²) in [5.41, 5.74) is 3.71. The number of ether oxygens (including phenoxy) is 1. The van der Waals surface area contributed by atoms with Crippen molar-refractivity contribution in [3.8, 4) is 5.75 Å². The average molecular weight is 316 g/mol. The smallest absolute Gasteiger partial charge is 0.122 e. The van der Waals surface area contributed by atoms with E-state index in [0.717, 1.165) is 37.9 Å². The van der Waals surface area contributed by atoms with Crippen LogP contribution in [0.5, 0.6) is 5.75 Å². The minimum atomic E-state index is -0.544. The Bertz CT molecular complexity index is 588. The zero-order valence-electron chi connectivity index (χ0n) is 15.4. The van der Waals surface area contributed by atoms with E-state index in [1.807, 2.05) is 0 Å². The summed E-state index contributed by atoms with van der Waals surface area (Å²) in [7, 11) is 1.76. The summed E-state index contributed by atoms with van der Waals surface area (Å²) in [6, 6.07) is 4.54. The maximum Gasteiger partial charge on any atom is 0.122 e. The van der Waals surface area contributed by atoms with Crippen LogP contribution >= 0.6 is 0 Å². The number of benzene rings is 1. The monoisotopic (exact) mass is 316 g/mol. The summed E-state index contributed by atoms with van der Waals surface area (Å²) in [6.45, 7) is 9.13. The second-order valence-corrected chi connectivity index (χ2v) is 8.73. The van der Waals surface area contributed by atoms with Gasteiger partial charge in [-0.3, -0.25) is 0 Å². The van der Waals surface area contributed by atoms with Crippen molar-refractivity contribution in [2.75, 3.05) is 7.11 Å². The highest BCUT2D eigenvalue weighted by atomic mass is 16.5. The van der Waals surface area contributed by atoms with Crippen LogP contribution < -0.4 is 4.74 Å². The number of hydrogen-bond donors (Lipinski definition) is 1. The average Bonchev–Trinajstić information content (AvgIpc) is 2.61. The number of aryl methyl sites for hydroxylation is 1. The number of methoxy groups -OCH3 is 1. The summed E-state index contributed by atoms with van der Waals surface area (Å²) < 4.78 is 5.64. The molecule has 2 atom stereocenters. The van der Waals surface area contributed by atoms with Crippen LogP contribution in [-0.4, -0.2) is 17.8 Å². The van der Waals surface area contributed by atoms with Crippen molar-refractivity contribution in [2.24, 2.45) is 11.3 Å². The first-order valence-corrected chi connectivity index (χ1v) is 9.19. The van der Waals surface area contributed by atoms with Gasteiger partial charge in [0.05, 0.1) is 12.7 Å². The molecule has 2 nitrogen and oxygen atoms in total. The number of hydrogen-bond acceptors (Lipinski definition) is 2. The van der Waals surface area contributed by atoms with Crippen LogP contribution in [0.3, 0.4) is 0 Å². The van der Waals surface area contributed by atoms with E-state index in [4.69, 9.17) is 4.74 Å².